The molecule has 0 fully saturated rings. The van der Waals surface area contributed by atoms with E-state index in [1.807, 2.05) is 0 Å². The van der Waals surface area contributed by atoms with Crippen molar-refractivity contribution in [2.75, 3.05) is 13.2 Å². The minimum atomic E-state index is -3.42. The van der Waals surface area contributed by atoms with Gasteiger partial charge in [0.2, 0.25) is 10.0 Å². The predicted molar refractivity (Wildman–Crippen MR) is 58.1 cm³/mol. The second-order valence-electron chi connectivity index (χ2n) is 3.24. The number of hydrogen-bond donors (Lipinski definition) is 2. The Morgan fingerprint density at radius 3 is 2.60 bits per heavy atom. The molecule has 84 valence electrons. The van der Waals surface area contributed by atoms with Crippen molar-refractivity contribution in [3.8, 4) is 0 Å². The Morgan fingerprint density at radius 2 is 2.00 bits per heavy atom. The van der Waals surface area contributed by atoms with Gasteiger partial charge in [0.15, 0.2) is 0 Å². The maximum atomic E-state index is 11.7. The highest BCUT2D eigenvalue weighted by molar-refractivity contribution is 7.89. The van der Waals surface area contributed by atoms with Crippen LogP contribution in [0.15, 0.2) is 29.2 Å². The summed E-state index contributed by atoms with van der Waals surface area (Å²) >= 11 is 0. The predicted octanol–water partition coefficient (Wildman–Crippen LogP) is 0.656. The summed E-state index contributed by atoms with van der Waals surface area (Å²) in [6.07, 6.45) is 0.422. The molecule has 0 spiro atoms. The smallest absolute Gasteiger partial charge is 0.240 e. The minimum absolute atomic E-state index is 0.0176. The molecule has 0 amide bonds. The topological polar surface area (TPSA) is 66.4 Å². The highest BCUT2D eigenvalue weighted by atomic mass is 32.2. The number of nitrogens with one attached hydrogen (secondary N) is 1. The number of sulfonamides is 1. The van der Waals surface area contributed by atoms with E-state index < -0.39 is 10.0 Å². The van der Waals surface area contributed by atoms with E-state index >= 15 is 0 Å². The van der Waals surface area contributed by atoms with Gasteiger partial charge < -0.3 is 5.11 Å². The molecule has 5 heteroatoms. The Hall–Kier alpha value is -0.910. The Bertz CT molecular complexity index is 414. The zero-order valence-electron chi connectivity index (χ0n) is 8.60. The molecule has 1 rings (SSSR count). The largest absolute Gasteiger partial charge is 0.396 e. The van der Waals surface area contributed by atoms with Crippen molar-refractivity contribution in [2.24, 2.45) is 0 Å². The van der Waals surface area contributed by atoms with Crippen LogP contribution in [0.1, 0.15) is 12.0 Å². The van der Waals surface area contributed by atoms with E-state index in [1.54, 1.807) is 31.2 Å². The normalized spacial score (nSPS) is 11.6. The van der Waals surface area contributed by atoms with Crippen LogP contribution in [0.3, 0.4) is 0 Å². The molecular weight excluding hydrogens is 214 g/mol. The third-order valence-corrected chi connectivity index (χ3v) is 3.63. The Morgan fingerprint density at radius 1 is 1.33 bits per heavy atom. The monoisotopic (exact) mass is 229 g/mol. The summed E-state index contributed by atoms with van der Waals surface area (Å²) in [4.78, 5) is 0.294. The van der Waals surface area contributed by atoms with E-state index in [-0.39, 0.29) is 13.2 Å². The summed E-state index contributed by atoms with van der Waals surface area (Å²) in [5.74, 6) is 0. The van der Waals surface area contributed by atoms with E-state index in [1.165, 1.54) is 0 Å². The van der Waals surface area contributed by atoms with Crippen LogP contribution in [-0.2, 0) is 10.0 Å². The molecule has 0 atom stereocenters. The third-order valence-electron chi connectivity index (χ3n) is 2.01. The van der Waals surface area contributed by atoms with Crippen molar-refractivity contribution in [1.82, 2.24) is 4.72 Å². The van der Waals surface area contributed by atoms with Gasteiger partial charge >= 0.3 is 0 Å². The molecule has 15 heavy (non-hydrogen) atoms. The third kappa shape index (κ3) is 3.30. The highest BCUT2D eigenvalue weighted by Crippen LogP contribution is 2.13. The van der Waals surface area contributed by atoms with Crippen molar-refractivity contribution < 1.29 is 13.5 Å². The van der Waals surface area contributed by atoms with Crippen LogP contribution in [-0.4, -0.2) is 26.7 Å². The van der Waals surface area contributed by atoms with E-state index in [4.69, 9.17) is 5.11 Å². The first-order valence-corrected chi connectivity index (χ1v) is 6.22. The van der Waals surface area contributed by atoms with Gasteiger partial charge in [-0.15, -0.1) is 0 Å². The zero-order chi connectivity index (χ0) is 11.3. The van der Waals surface area contributed by atoms with Gasteiger partial charge in [-0.3, -0.25) is 0 Å². The van der Waals surface area contributed by atoms with Crippen LogP contribution in [0.4, 0.5) is 0 Å². The summed E-state index contributed by atoms with van der Waals surface area (Å²) in [5.41, 5.74) is 0.717. The fourth-order valence-corrected chi connectivity index (χ4v) is 2.54. The molecule has 0 aliphatic heterocycles. The van der Waals surface area contributed by atoms with Gasteiger partial charge in [0, 0.05) is 13.2 Å². The fraction of sp³-hybridized carbons (Fsp3) is 0.400. The van der Waals surface area contributed by atoms with Gasteiger partial charge in [-0.05, 0) is 25.0 Å². The van der Waals surface area contributed by atoms with Gasteiger partial charge in [0.25, 0.3) is 0 Å². The molecule has 0 saturated carbocycles. The van der Waals surface area contributed by atoms with E-state index in [0.717, 1.165) is 0 Å². The van der Waals surface area contributed by atoms with E-state index in [9.17, 15) is 8.42 Å². The molecule has 4 nitrogen and oxygen atoms in total. The van der Waals surface area contributed by atoms with Crippen LogP contribution in [0.5, 0.6) is 0 Å². The fourth-order valence-electron chi connectivity index (χ4n) is 1.22. The van der Waals surface area contributed by atoms with Crippen molar-refractivity contribution >= 4 is 10.0 Å². The number of rotatable bonds is 5. The first-order valence-electron chi connectivity index (χ1n) is 4.74. The van der Waals surface area contributed by atoms with Crippen molar-refractivity contribution in [1.29, 1.82) is 0 Å². The van der Waals surface area contributed by atoms with E-state index in [0.29, 0.717) is 16.9 Å². The van der Waals surface area contributed by atoms with Crippen LogP contribution in [0.25, 0.3) is 0 Å². The van der Waals surface area contributed by atoms with E-state index in [2.05, 4.69) is 4.72 Å². The van der Waals surface area contributed by atoms with Crippen molar-refractivity contribution in [3.63, 3.8) is 0 Å². The number of benzene rings is 1. The molecule has 0 aromatic heterocycles. The van der Waals surface area contributed by atoms with Gasteiger partial charge in [-0.1, -0.05) is 18.2 Å². The number of hydrogen-bond acceptors (Lipinski definition) is 3. The molecule has 0 aliphatic rings. The second kappa shape index (κ2) is 5.25. The lowest BCUT2D eigenvalue weighted by Crippen LogP contribution is -2.25. The van der Waals surface area contributed by atoms with Crippen LogP contribution >= 0.6 is 0 Å². The molecule has 0 unspecified atom stereocenters. The molecule has 0 heterocycles. The van der Waals surface area contributed by atoms with Crippen LogP contribution in [0, 0.1) is 6.92 Å². The lowest BCUT2D eigenvalue weighted by molar-refractivity contribution is 0.289. The number of aryl methyl sites for hydroxylation is 1. The molecule has 1 aromatic rings. The summed E-state index contributed by atoms with van der Waals surface area (Å²) in [7, 11) is -3.42. The molecule has 0 aliphatic carbocycles. The van der Waals surface area contributed by atoms with Gasteiger partial charge in [0.1, 0.15) is 0 Å². The van der Waals surface area contributed by atoms with Crippen molar-refractivity contribution in [2.45, 2.75) is 18.2 Å². The molecule has 0 bridgehead atoms. The first-order chi connectivity index (χ1) is 7.08. The molecule has 2 N–H and O–H groups in total. The molecular formula is C10H15NO3S. The Labute approximate surface area is 90.0 Å². The summed E-state index contributed by atoms with van der Waals surface area (Å²) in [5, 5.41) is 8.55. The first kappa shape index (κ1) is 12.2. The summed E-state index contributed by atoms with van der Waals surface area (Å²) < 4.78 is 25.9. The number of aliphatic hydroxyl groups is 1. The Balaban J connectivity index is 2.83. The standard InChI is InChI=1S/C10H15NO3S/c1-9-5-2-3-6-10(9)15(13,14)11-7-4-8-12/h2-3,5-6,11-12H,4,7-8H2,1H3. The Kier molecular flexibility index (Phi) is 4.26. The average molecular weight is 229 g/mol. The second-order valence-corrected chi connectivity index (χ2v) is 4.98. The average Bonchev–Trinajstić information content (AvgIpc) is 2.18. The van der Waals surface area contributed by atoms with Crippen LogP contribution < -0.4 is 4.72 Å². The van der Waals surface area contributed by atoms with Gasteiger partial charge in [-0.2, -0.15) is 0 Å². The van der Waals surface area contributed by atoms with Gasteiger partial charge in [0.05, 0.1) is 4.90 Å². The van der Waals surface area contributed by atoms with Crippen molar-refractivity contribution in [3.05, 3.63) is 29.8 Å². The molecule has 0 saturated heterocycles. The zero-order valence-corrected chi connectivity index (χ0v) is 9.42. The SMILES string of the molecule is Cc1ccccc1S(=O)(=O)NCCCO. The summed E-state index contributed by atoms with van der Waals surface area (Å²) in [6.45, 7) is 1.99. The maximum absolute atomic E-state index is 11.7. The molecule has 0 radical (unpaired) electrons. The quantitative estimate of drug-likeness (QED) is 0.729. The summed E-state index contributed by atoms with van der Waals surface area (Å²) in [6, 6.07) is 6.80. The van der Waals surface area contributed by atoms with Gasteiger partial charge in [-0.25, -0.2) is 13.1 Å². The molecule has 1 aromatic carbocycles. The minimum Gasteiger partial charge on any atom is -0.396 e. The lowest BCUT2D eigenvalue weighted by atomic mass is 10.2. The van der Waals surface area contributed by atoms with Crippen LogP contribution in [0.2, 0.25) is 0 Å². The maximum Gasteiger partial charge on any atom is 0.240 e. The number of aliphatic hydroxyl groups excluding tert-OH is 1. The lowest BCUT2D eigenvalue weighted by Gasteiger charge is -2.07. The highest BCUT2D eigenvalue weighted by Gasteiger charge is 2.14.